The molecule has 1 amide bonds. The van der Waals surface area contributed by atoms with Gasteiger partial charge >= 0.3 is 0 Å². The number of aromatic nitrogens is 3. The largest absolute Gasteiger partial charge is 0.480 e. The Morgan fingerprint density at radius 1 is 1.42 bits per heavy atom. The van der Waals surface area contributed by atoms with Crippen LogP contribution in [0.3, 0.4) is 0 Å². The van der Waals surface area contributed by atoms with Crippen LogP contribution in [0.5, 0.6) is 5.88 Å². The Labute approximate surface area is 141 Å². The van der Waals surface area contributed by atoms with Crippen LogP contribution in [-0.4, -0.2) is 46.5 Å². The van der Waals surface area contributed by atoms with E-state index < -0.39 is 0 Å². The molecule has 24 heavy (non-hydrogen) atoms. The molecule has 0 saturated carbocycles. The van der Waals surface area contributed by atoms with Gasteiger partial charge in [0.15, 0.2) is 0 Å². The summed E-state index contributed by atoms with van der Waals surface area (Å²) in [5.74, 6) is 1.72. The number of hydrogen-bond acceptors (Lipinski definition) is 6. The van der Waals surface area contributed by atoms with E-state index in [0.29, 0.717) is 23.8 Å². The first kappa shape index (κ1) is 16.2. The smallest absolute Gasteiger partial charge is 0.259 e. The van der Waals surface area contributed by atoms with E-state index in [1.54, 1.807) is 18.3 Å². The zero-order chi connectivity index (χ0) is 17.1. The lowest BCUT2D eigenvalue weighted by molar-refractivity contribution is 0.0728. The van der Waals surface area contributed by atoms with Crippen molar-refractivity contribution < 1.29 is 9.53 Å². The van der Waals surface area contributed by atoms with E-state index in [9.17, 15) is 4.79 Å². The standard InChI is InChI=1S/C17H21N5O2/c1-11-20-13(10-15(18-2)21-11)14-7-5-9-22(14)17(23)12-6-4-8-19-16(12)24-3/h4,6,8,10,14H,5,7,9H2,1-3H3,(H,18,20,21). The molecule has 3 rings (SSSR count). The lowest BCUT2D eigenvalue weighted by Gasteiger charge is -2.25. The maximum absolute atomic E-state index is 13.0. The number of nitrogens with zero attached hydrogens (tertiary/aromatic N) is 4. The molecule has 1 atom stereocenters. The molecule has 3 heterocycles. The number of rotatable bonds is 4. The van der Waals surface area contributed by atoms with Gasteiger partial charge in [0.05, 0.1) is 18.8 Å². The average molecular weight is 327 g/mol. The number of pyridine rings is 1. The summed E-state index contributed by atoms with van der Waals surface area (Å²) in [5.41, 5.74) is 1.34. The number of anilines is 1. The Bertz CT molecular complexity index is 750. The number of hydrogen-bond donors (Lipinski definition) is 1. The molecule has 1 fully saturated rings. The van der Waals surface area contributed by atoms with Gasteiger partial charge in [0.1, 0.15) is 17.2 Å². The molecule has 0 aliphatic carbocycles. The highest BCUT2D eigenvalue weighted by atomic mass is 16.5. The van der Waals surface area contributed by atoms with Gasteiger partial charge in [0, 0.05) is 25.9 Å². The quantitative estimate of drug-likeness (QED) is 0.927. The molecule has 1 N–H and O–H groups in total. The summed E-state index contributed by atoms with van der Waals surface area (Å²) < 4.78 is 5.23. The molecule has 1 aliphatic rings. The number of carbonyl (C=O) groups is 1. The van der Waals surface area contributed by atoms with Gasteiger partial charge < -0.3 is 15.0 Å². The van der Waals surface area contributed by atoms with Crippen LogP contribution >= 0.6 is 0 Å². The van der Waals surface area contributed by atoms with E-state index in [-0.39, 0.29) is 11.9 Å². The van der Waals surface area contributed by atoms with E-state index in [2.05, 4.69) is 20.3 Å². The Morgan fingerprint density at radius 3 is 3.00 bits per heavy atom. The lowest BCUT2D eigenvalue weighted by Crippen LogP contribution is -2.31. The average Bonchev–Trinajstić information content (AvgIpc) is 3.10. The first-order chi connectivity index (χ1) is 11.6. The van der Waals surface area contributed by atoms with Gasteiger partial charge in [-0.15, -0.1) is 0 Å². The Kier molecular flexibility index (Phi) is 4.59. The molecule has 7 nitrogen and oxygen atoms in total. The first-order valence-corrected chi connectivity index (χ1v) is 7.97. The highest BCUT2D eigenvalue weighted by molar-refractivity contribution is 5.96. The number of ether oxygens (including phenoxy) is 1. The monoisotopic (exact) mass is 327 g/mol. The second kappa shape index (κ2) is 6.82. The van der Waals surface area contributed by atoms with E-state index in [0.717, 1.165) is 24.4 Å². The van der Waals surface area contributed by atoms with E-state index >= 15 is 0 Å². The second-order valence-electron chi connectivity index (χ2n) is 5.69. The number of nitrogens with one attached hydrogen (secondary N) is 1. The number of carbonyl (C=O) groups excluding carboxylic acids is 1. The highest BCUT2D eigenvalue weighted by Crippen LogP contribution is 2.34. The fourth-order valence-electron chi connectivity index (χ4n) is 3.08. The van der Waals surface area contributed by atoms with Gasteiger partial charge in [-0.25, -0.2) is 15.0 Å². The lowest BCUT2D eigenvalue weighted by atomic mass is 10.1. The normalized spacial score (nSPS) is 17.0. The minimum atomic E-state index is -0.0790. The Balaban J connectivity index is 1.93. The maximum Gasteiger partial charge on any atom is 0.259 e. The molecule has 1 aliphatic heterocycles. The van der Waals surface area contributed by atoms with Crippen LogP contribution in [0.2, 0.25) is 0 Å². The second-order valence-corrected chi connectivity index (χ2v) is 5.69. The third kappa shape index (κ3) is 3.02. The van der Waals surface area contributed by atoms with E-state index in [1.807, 2.05) is 24.9 Å². The molecule has 7 heteroatoms. The minimum Gasteiger partial charge on any atom is -0.480 e. The third-order valence-electron chi connectivity index (χ3n) is 4.16. The summed E-state index contributed by atoms with van der Waals surface area (Å²) in [4.78, 5) is 27.8. The molecule has 126 valence electrons. The molecule has 1 saturated heterocycles. The molecule has 1 unspecified atom stereocenters. The molecule has 0 radical (unpaired) electrons. The molecular formula is C17H21N5O2. The van der Waals surface area contributed by atoms with Crippen LogP contribution < -0.4 is 10.1 Å². The third-order valence-corrected chi connectivity index (χ3v) is 4.16. The SMILES string of the molecule is CNc1cc(C2CCCN2C(=O)c2cccnc2OC)nc(C)n1. The van der Waals surface area contributed by atoms with Crippen molar-refractivity contribution in [2.75, 3.05) is 26.0 Å². The Hall–Kier alpha value is -2.70. The fraction of sp³-hybridized carbons (Fsp3) is 0.412. The van der Waals surface area contributed by atoms with Crippen LogP contribution in [0.25, 0.3) is 0 Å². The molecule has 0 spiro atoms. The van der Waals surface area contributed by atoms with Crippen molar-refractivity contribution >= 4 is 11.7 Å². The molecule has 0 bridgehead atoms. The number of methoxy groups -OCH3 is 1. The van der Waals surface area contributed by atoms with Crippen molar-refractivity contribution in [2.24, 2.45) is 0 Å². The van der Waals surface area contributed by atoms with Crippen LogP contribution in [0.4, 0.5) is 5.82 Å². The topological polar surface area (TPSA) is 80.2 Å². The van der Waals surface area contributed by atoms with Gasteiger partial charge in [0.2, 0.25) is 5.88 Å². The number of amides is 1. The van der Waals surface area contributed by atoms with Crippen molar-refractivity contribution in [3.05, 3.63) is 41.5 Å². The van der Waals surface area contributed by atoms with Crippen molar-refractivity contribution in [1.82, 2.24) is 19.9 Å². The summed E-state index contributed by atoms with van der Waals surface area (Å²) in [6.07, 6.45) is 3.44. The van der Waals surface area contributed by atoms with Crippen LogP contribution in [0.15, 0.2) is 24.4 Å². The van der Waals surface area contributed by atoms with Crippen molar-refractivity contribution in [1.29, 1.82) is 0 Å². The molecule has 0 aromatic carbocycles. The summed E-state index contributed by atoms with van der Waals surface area (Å²) in [6.45, 7) is 2.55. The van der Waals surface area contributed by atoms with Crippen molar-refractivity contribution in [3.8, 4) is 5.88 Å². The Morgan fingerprint density at radius 2 is 2.25 bits per heavy atom. The van der Waals surface area contributed by atoms with Crippen LogP contribution in [0.1, 0.15) is 40.8 Å². The maximum atomic E-state index is 13.0. The van der Waals surface area contributed by atoms with Crippen LogP contribution in [-0.2, 0) is 0 Å². The predicted octanol–water partition coefficient (Wildman–Crippen LogP) is 2.21. The number of aryl methyl sites for hydroxylation is 1. The summed E-state index contributed by atoms with van der Waals surface area (Å²) in [7, 11) is 3.34. The summed E-state index contributed by atoms with van der Waals surface area (Å²) in [6, 6.07) is 5.34. The van der Waals surface area contributed by atoms with E-state index in [4.69, 9.17) is 4.74 Å². The molecule has 2 aromatic heterocycles. The zero-order valence-corrected chi connectivity index (χ0v) is 14.1. The van der Waals surface area contributed by atoms with Crippen molar-refractivity contribution in [2.45, 2.75) is 25.8 Å². The van der Waals surface area contributed by atoms with Gasteiger partial charge in [-0.3, -0.25) is 4.79 Å². The van der Waals surface area contributed by atoms with Gasteiger partial charge in [-0.2, -0.15) is 0 Å². The summed E-state index contributed by atoms with van der Waals surface area (Å²) in [5, 5.41) is 3.04. The van der Waals surface area contributed by atoms with E-state index in [1.165, 1.54) is 7.11 Å². The predicted molar refractivity (Wildman–Crippen MR) is 90.1 cm³/mol. The highest BCUT2D eigenvalue weighted by Gasteiger charge is 2.33. The van der Waals surface area contributed by atoms with Crippen molar-refractivity contribution in [3.63, 3.8) is 0 Å². The minimum absolute atomic E-state index is 0.0591. The summed E-state index contributed by atoms with van der Waals surface area (Å²) >= 11 is 0. The van der Waals surface area contributed by atoms with Gasteiger partial charge in [-0.1, -0.05) is 0 Å². The van der Waals surface area contributed by atoms with Gasteiger partial charge in [0.25, 0.3) is 5.91 Å². The molecular weight excluding hydrogens is 306 g/mol. The first-order valence-electron chi connectivity index (χ1n) is 7.97. The van der Waals surface area contributed by atoms with Crippen LogP contribution in [0, 0.1) is 6.92 Å². The van der Waals surface area contributed by atoms with Gasteiger partial charge in [-0.05, 0) is 31.9 Å². The molecule has 2 aromatic rings. The fourth-order valence-corrected chi connectivity index (χ4v) is 3.08. The zero-order valence-electron chi connectivity index (χ0n) is 14.1. The number of likely N-dealkylation sites (tertiary alicyclic amines) is 1.